The zero-order valence-corrected chi connectivity index (χ0v) is 9.05. The molecule has 0 amide bonds. The topological polar surface area (TPSA) is 37.3 Å². The molecule has 0 spiro atoms. The van der Waals surface area contributed by atoms with Gasteiger partial charge in [0.1, 0.15) is 5.75 Å². The van der Waals surface area contributed by atoms with Gasteiger partial charge < -0.3 is 5.11 Å². The fraction of sp³-hybridized carbons (Fsp3) is 0. The van der Waals surface area contributed by atoms with Crippen molar-refractivity contribution in [2.45, 2.75) is 0 Å². The normalized spacial score (nSPS) is 10.8. The second-order valence-electron chi connectivity index (χ2n) is 4.00. The van der Waals surface area contributed by atoms with Crippen molar-refractivity contribution in [1.29, 1.82) is 0 Å². The Kier molecular flexibility index (Phi) is 2.08. The van der Waals surface area contributed by atoms with Gasteiger partial charge >= 0.3 is 0 Å². The summed E-state index contributed by atoms with van der Waals surface area (Å²) in [6.45, 7) is 0. The van der Waals surface area contributed by atoms with Crippen LogP contribution in [0.5, 0.6) is 5.75 Å². The van der Waals surface area contributed by atoms with Crippen LogP contribution in [0.4, 0.5) is 0 Å². The van der Waals surface area contributed by atoms with Gasteiger partial charge in [-0.15, -0.1) is 0 Å². The molecule has 0 aromatic heterocycles. The van der Waals surface area contributed by atoms with Gasteiger partial charge in [-0.3, -0.25) is 4.79 Å². The molecule has 0 aliphatic rings. The SMILES string of the molecule is O=Cc1c(O)ccc2ccc3ccccc3c12. The fourth-order valence-electron chi connectivity index (χ4n) is 2.23. The van der Waals surface area contributed by atoms with Gasteiger partial charge in [0.15, 0.2) is 6.29 Å². The number of aromatic hydroxyl groups is 1. The molecule has 0 unspecified atom stereocenters. The number of rotatable bonds is 1. The molecule has 0 fully saturated rings. The maximum Gasteiger partial charge on any atom is 0.154 e. The second kappa shape index (κ2) is 3.59. The second-order valence-corrected chi connectivity index (χ2v) is 4.00. The Morgan fingerprint density at radius 3 is 2.41 bits per heavy atom. The molecule has 2 nitrogen and oxygen atoms in total. The van der Waals surface area contributed by atoms with E-state index >= 15 is 0 Å². The number of hydrogen-bond acceptors (Lipinski definition) is 2. The summed E-state index contributed by atoms with van der Waals surface area (Å²) in [5, 5.41) is 13.6. The van der Waals surface area contributed by atoms with Crippen molar-refractivity contribution >= 4 is 27.8 Å². The monoisotopic (exact) mass is 222 g/mol. The van der Waals surface area contributed by atoms with E-state index in [0.29, 0.717) is 11.8 Å². The van der Waals surface area contributed by atoms with Crippen molar-refractivity contribution in [3.63, 3.8) is 0 Å². The molecule has 3 rings (SSSR count). The maximum absolute atomic E-state index is 11.1. The largest absolute Gasteiger partial charge is 0.507 e. The Bertz CT molecular complexity index is 729. The first-order valence-corrected chi connectivity index (χ1v) is 5.40. The predicted molar refractivity (Wildman–Crippen MR) is 68.5 cm³/mol. The number of phenolic OH excluding ortho intramolecular Hbond substituents is 1. The standard InChI is InChI=1S/C15H10O2/c16-9-13-14(17)8-7-11-6-5-10-3-1-2-4-12(10)15(11)13/h1-9,17H. The van der Waals surface area contributed by atoms with E-state index in [1.807, 2.05) is 42.5 Å². The minimum atomic E-state index is 0.0313. The van der Waals surface area contributed by atoms with Gasteiger partial charge in [0.2, 0.25) is 0 Å². The third-order valence-corrected chi connectivity index (χ3v) is 3.05. The lowest BCUT2D eigenvalue weighted by atomic mass is 9.98. The smallest absolute Gasteiger partial charge is 0.154 e. The molecule has 0 bridgehead atoms. The number of benzene rings is 3. The van der Waals surface area contributed by atoms with Crippen molar-refractivity contribution in [3.05, 3.63) is 54.1 Å². The minimum absolute atomic E-state index is 0.0313. The van der Waals surface area contributed by atoms with Crippen LogP contribution in [0.25, 0.3) is 21.5 Å². The molecule has 3 aromatic carbocycles. The highest BCUT2D eigenvalue weighted by atomic mass is 16.3. The highest BCUT2D eigenvalue weighted by Gasteiger charge is 2.08. The van der Waals surface area contributed by atoms with Crippen LogP contribution >= 0.6 is 0 Å². The molecule has 0 heterocycles. The number of carbonyl (C=O) groups is 1. The lowest BCUT2D eigenvalue weighted by Crippen LogP contribution is -1.86. The van der Waals surface area contributed by atoms with E-state index in [2.05, 4.69) is 0 Å². The van der Waals surface area contributed by atoms with E-state index in [1.165, 1.54) is 0 Å². The van der Waals surface area contributed by atoms with Gasteiger partial charge in [-0.1, -0.05) is 42.5 Å². The van der Waals surface area contributed by atoms with Crippen LogP contribution in [-0.2, 0) is 0 Å². The van der Waals surface area contributed by atoms with Crippen LogP contribution in [0.15, 0.2) is 48.5 Å². The Balaban J connectivity index is 2.63. The first kappa shape index (κ1) is 9.85. The lowest BCUT2D eigenvalue weighted by Gasteiger charge is -2.07. The first-order chi connectivity index (χ1) is 8.31. The Morgan fingerprint density at radius 1 is 0.882 bits per heavy atom. The fourth-order valence-corrected chi connectivity index (χ4v) is 2.23. The van der Waals surface area contributed by atoms with E-state index in [0.717, 1.165) is 21.5 Å². The van der Waals surface area contributed by atoms with Crippen LogP contribution < -0.4 is 0 Å². The molecule has 0 saturated carbocycles. The molecule has 0 atom stereocenters. The molecular weight excluding hydrogens is 212 g/mol. The third-order valence-electron chi connectivity index (χ3n) is 3.05. The molecule has 82 valence electrons. The molecule has 0 radical (unpaired) electrons. The quantitative estimate of drug-likeness (QED) is 0.505. The van der Waals surface area contributed by atoms with E-state index in [1.54, 1.807) is 6.07 Å². The van der Waals surface area contributed by atoms with E-state index in [4.69, 9.17) is 0 Å². The number of hydrogen-bond donors (Lipinski definition) is 1. The molecule has 1 N–H and O–H groups in total. The van der Waals surface area contributed by atoms with Crippen LogP contribution in [0.1, 0.15) is 10.4 Å². The van der Waals surface area contributed by atoms with Gasteiger partial charge in [-0.05, 0) is 22.2 Å². The minimum Gasteiger partial charge on any atom is -0.507 e. The number of carbonyl (C=O) groups excluding carboxylic acids is 1. The summed E-state index contributed by atoms with van der Waals surface area (Å²) in [4.78, 5) is 11.1. The van der Waals surface area contributed by atoms with Gasteiger partial charge in [0, 0.05) is 5.39 Å². The summed E-state index contributed by atoms with van der Waals surface area (Å²) in [6, 6.07) is 15.2. The highest BCUT2D eigenvalue weighted by molar-refractivity contribution is 6.15. The summed E-state index contributed by atoms with van der Waals surface area (Å²) in [5.74, 6) is 0.0313. The van der Waals surface area contributed by atoms with Crippen LogP contribution in [0, 0.1) is 0 Å². The zero-order chi connectivity index (χ0) is 11.8. The lowest BCUT2D eigenvalue weighted by molar-refractivity contribution is 0.112. The molecule has 0 saturated heterocycles. The van der Waals surface area contributed by atoms with Gasteiger partial charge in [0.25, 0.3) is 0 Å². The summed E-state index contributed by atoms with van der Waals surface area (Å²) < 4.78 is 0. The Hall–Kier alpha value is -2.35. The summed E-state index contributed by atoms with van der Waals surface area (Å²) >= 11 is 0. The van der Waals surface area contributed by atoms with Crippen molar-refractivity contribution < 1.29 is 9.90 Å². The van der Waals surface area contributed by atoms with Crippen LogP contribution in [0.3, 0.4) is 0 Å². The molecular formula is C15H10O2. The summed E-state index contributed by atoms with van der Waals surface area (Å²) in [5.41, 5.74) is 0.360. The van der Waals surface area contributed by atoms with Gasteiger partial charge in [-0.2, -0.15) is 0 Å². The number of phenols is 1. The first-order valence-electron chi connectivity index (χ1n) is 5.40. The van der Waals surface area contributed by atoms with E-state index in [-0.39, 0.29) is 5.75 Å². The molecule has 0 aliphatic heterocycles. The van der Waals surface area contributed by atoms with Gasteiger partial charge in [0.05, 0.1) is 5.56 Å². The maximum atomic E-state index is 11.1. The van der Waals surface area contributed by atoms with E-state index in [9.17, 15) is 9.90 Å². The van der Waals surface area contributed by atoms with E-state index < -0.39 is 0 Å². The van der Waals surface area contributed by atoms with Crippen molar-refractivity contribution in [2.75, 3.05) is 0 Å². The molecule has 2 heteroatoms. The molecule has 3 aromatic rings. The summed E-state index contributed by atoms with van der Waals surface area (Å²) in [7, 11) is 0. The number of aldehydes is 1. The van der Waals surface area contributed by atoms with Crippen LogP contribution in [0.2, 0.25) is 0 Å². The summed E-state index contributed by atoms with van der Waals surface area (Å²) in [6.07, 6.45) is 0.712. The Morgan fingerprint density at radius 2 is 1.59 bits per heavy atom. The zero-order valence-electron chi connectivity index (χ0n) is 9.05. The van der Waals surface area contributed by atoms with Crippen molar-refractivity contribution in [2.24, 2.45) is 0 Å². The molecule has 17 heavy (non-hydrogen) atoms. The third kappa shape index (κ3) is 1.38. The Labute approximate surface area is 98.1 Å². The van der Waals surface area contributed by atoms with Crippen molar-refractivity contribution in [3.8, 4) is 5.75 Å². The number of fused-ring (bicyclic) bond motifs is 3. The predicted octanol–water partition coefficient (Wildman–Crippen LogP) is 3.51. The highest BCUT2D eigenvalue weighted by Crippen LogP contribution is 2.31. The average Bonchev–Trinajstić information content (AvgIpc) is 2.38. The van der Waals surface area contributed by atoms with Crippen LogP contribution in [-0.4, -0.2) is 11.4 Å². The average molecular weight is 222 g/mol. The van der Waals surface area contributed by atoms with Crippen molar-refractivity contribution in [1.82, 2.24) is 0 Å². The molecule has 0 aliphatic carbocycles. The van der Waals surface area contributed by atoms with Gasteiger partial charge in [-0.25, -0.2) is 0 Å².